The normalized spacial score (nSPS) is 22.3. The first-order valence-corrected chi connectivity index (χ1v) is 5.98. The van der Waals surface area contributed by atoms with Crippen LogP contribution in [0.15, 0.2) is 17.5 Å². The van der Waals surface area contributed by atoms with E-state index in [-0.39, 0.29) is 11.9 Å². The molecule has 1 aromatic rings. The molecule has 1 aliphatic heterocycles. The van der Waals surface area contributed by atoms with Gasteiger partial charge in [0, 0.05) is 45.5 Å². The number of morpholine rings is 1. The molecule has 0 bridgehead atoms. The first-order valence-electron chi connectivity index (χ1n) is 5.98. The summed E-state index contributed by atoms with van der Waals surface area (Å²) in [7, 11) is 1.99. The van der Waals surface area contributed by atoms with Crippen molar-refractivity contribution in [3.8, 4) is 0 Å². The third-order valence-electron chi connectivity index (χ3n) is 3.17. The van der Waals surface area contributed by atoms with Gasteiger partial charge in [-0.1, -0.05) is 5.16 Å². The average molecular weight is 253 g/mol. The van der Waals surface area contributed by atoms with Gasteiger partial charge in [0.15, 0.2) is 5.84 Å². The van der Waals surface area contributed by atoms with E-state index in [1.807, 2.05) is 17.8 Å². The summed E-state index contributed by atoms with van der Waals surface area (Å²) in [6, 6.07) is 0. The summed E-state index contributed by atoms with van der Waals surface area (Å²) in [5.41, 5.74) is 5.56. The lowest BCUT2D eigenvalue weighted by Gasteiger charge is -2.31. The molecule has 3 N–H and O–H groups in total. The third kappa shape index (κ3) is 2.99. The Hall–Kier alpha value is -1.60. The summed E-state index contributed by atoms with van der Waals surface area (Å²) in [4.78, 5) is 6.52. The van der Waals surface area contributed by atoms with E-state index in [1.54, 1.807) is 6.20 Å². The van der Waals surface area contributed by atoms with Crippen LogP contribution in [0.25, 0.3) is 0 Å². The number of ether oxygens (including phenoxy) is 1. The van der Waals surface area contributed by atoms with Crippen molar-refractivity contribution < 1.29 is 9.94 Å². The molecule has 2 heterocycles. The molecule has 1 aliphatic rings. The highest BCUT2D eigenvalue weighted by Crippen LogP contribution is 2.07. The molecule has 0 aliphatic carbocycles. The Bertz CT molecular complexity index is 417. The van der Waals surface area contributed by atoms with Crippen molar-refractivity contribution in [1.29, 1.82) is 0 Å². The van der Waals surface area contributed by atoms with E-state index in [9.17, 15) is 0 Å². The molecule has 2 rings (SSSR count). The summed E-state index contributed by atoms with van der Waals surface area (Å²) in [6.07, 6.45) is 4.30. The maximum absolute atomic E-state index is 8.64. The Morgan fingerprint density at radius 3 is 3.22 bits per heavy atom. The number of oxime groups is 1. The molecule has 7 nitrogen and oxygen atoms in total. The Balaban J connectivity index is 1.85. The van der Waals surface area contributed by atoms with Gasteiger partial charge in [0.2, 0.25) is 0 Å². The van der Waals surface area contributed by atoms with Gasteiger partial charge in [-0.2, -0.15) is 0 Å². The monoisotopic (exact) mass is 253 g/mol. The lowest BCUT2D eigenvalue weighted by Crippen LogP contribution is -2.49. The molecule has 1 saturated heterocycles. The maximum Gasteiger partial charge on any atom is 0.169 e. The van der Waals surface area contributed by atoms with Crippen LogP contribution in [0.4, 0.5) is 0 Å². The molecule has 1 unspecified atom stereocenters. The second-order valence-corrected chi connectivity index (χ2v) is 4.39. The van der Waals surface area contributed by atoms with E-state index in [2.05, 4.69) is 15.0 Å². The highest BCUT2D eigenvalue weighted by molar-refractivity contribution is 5.84. The quantitative estimate of drug-likeness (QED) is 0.324. The minimum Gasteiger partial charge on any atom is -0.409 e. The van der Waals surface area contributed by atoms with E-state index in [0.717, 1.165) is 25.3 Å². The van der Waals surface area contributed by atoms with Crippen LogP contribution in [0.2, 0.25) is 0 Å². The molecule has 1 fully saturated rings. The molecule has 1 atom stereocenters. The summed E-state index contributed by atoms with van der Waals surface area (Å²) in [5.74, 6) is 1.19. The fourth-order valence-electron chi connectivity index (χ4n) is 2.04. The molecular weight excluding hydrogens is 234 g/mol. The van der Waals surface area contributed by atoms with Crippen molar-refractivity contribution in [3.05, 3.63) is 18.2 Å². The van der Waals surface area contributed by atoms with Gasteiger partial charge in [-0.3, -0.25) is 4.90 Å². The first-order chi connectivity index (χ1) is 8.70. The van der Waals surface area contributed by atoms with Gasteiger partial charge in [-0.05, 0) is 0 Å². The van der Waals surface area contributed by atoms with Crippen LogP contribution < -0.4 is 5.73 Å². The minimum atomic E-state index is -0.315. The Kier molecular flexibility index (Phi) is 4.16. The predicted molar refractivity (Wildman–Crippen MR) is 66.5 cm³/mol. The number of hydrogen-bond donors (Lipinski definition) is 2. The molecule has 0 spiro atoms. The van der Waals surface area contributed by atoms with Crippen molar-refractivity contribution in [2.24, 2.45) is 17.9 Å². The van der Waals surface area contributed by atoms with Gasteiger partial charge >= 0.3 is 0 Å². The molecule has 7 heteroatoms. The van der Waals surface area contributed by atoms with Crippen molar-refractivity contribution in [2.45, 2.75) is 12.5 Å². The SMILES string of the molecule is Cn1ccnc1CCN1CCOC(/C(N)=N/O)C1. The van der Waals surface area contributed by atoms with Gasteiger partial charge in [0.1, 0.15) is 11.9 Å². The number of aromatic nitrogens is 2. The fourth-order valence-corrected chi connectivity index (χ4v) is 2.04. The van der Waals surface area contributed by atoms with Crippen LogP contribution >= 0.6 is 0 Å². The van der Waals surface area contributed by atoms with E-state index in [4.69, 9.17) is 15.7 Å². The summed E-state index contributed by atoms with van der Waals surface area (Å²) >= 11 is 0. The minimum absolute atomic E-state index is 0.136. The van der Waals surface area contributed by atoms with Crippen LogP contribution in [0.3, 0.4) is 0 Å². The lowest BCUT2D eigenvalue weighted by molar-refractivity contribution is 0.00496. The molecule has 0 saturated carbocycles. The van der Waals surface area contributed by atoms with Gasteiger partial charge in [0.05, 0.1) is 6.61 Å². The second-order valence-electron chi connectivity index (χ2n) is 4.39. The van der Waals surface area contributed by atoms with Crippen LogP contribution in [0.1, 0.15) is 5.82 Å². The zero-order valence-corrected chi connectivity index (χ0v) is 10.5. The zero-order valence-electron chi connectivity index (χ0n) is 10.5. The first kappa shape index (κ1) is 12.8. The van der Waals surface area contributed by atoms with Crippen LogP contribution in [0, 0.1) is 0 Å². The van der Waals surface area contributed by atoms with Gasteiger partial charge in [0.25, 0.3) is 0 Å². The maximum atomic E-state index is 8.64. The van der Waals surface area contributed by atoms with E-state index in [1.165, 1.54) is 0 Å². The standard InChI is InChI=1S/C11H19N5O2/c1-15-5-3-13-10(15)2-4-16-6-7-18-9(8-16)11(12)14-17/h3,5,9,17H,2,4,6-8H2,1H3,(H2,12,14). The van der Waals surface area contributed by atoms with E-state index < -0.39 is 0 Å². The fraction of sp³-hybridized carbons (Fsp3) is 0.636. The molecule has 1 aromatic heterocycles. The Morgan fingerprint density at radius 1 is 1.72 bits per heavy atom. The van der Waals surface area contributed by atoms with Crippen LogP contribution in [-0.2, 0) is 18.2 Å². The topological polar surface area (TPSA) is 88.9 Å². The van der Waals surface area contributed by atoms with E-state index in [0.29, 0.717) is 13.2 Å². The third-order valence-corrected chi connectivity index (χ3v) is 3.17. The summed E-state index contributed by atoms with van der Waals surface area (Å²) < 4.78 is 7.46. The van der Waals surface area contributed by atoms with Crippen LogP contribution in [-0.4, -0.2) is 57.8 Å². The van der Waals surface area contributed by atoms with Crippen LogP contribution in [0.5, 0.6) is 0 Å². The number of imidazole rings is 1. The van der Waals surface area contributed by atoms with E-state index >= 15 is 0 Å². The van der Waals surface area contributed by atoms with Gasteiger partial charge in [-0.25, -0.2) is 4.98 Å². The number of nitrogens with zero attached hydrogens (tertiary/aromatic N) is 4. The molecule has 0 aromatic carbocycles. The Morgan fingerprint density at radius 2 is 2.56 bits per heavy atom. The number of aryl methyl sites for hydroxylation is 1. The predicted octanol–water partition coefficient (Wildman–Crippen LogP) is -0.590. The van der Waals surface area contributed by atoms with Gasteiger partial charge < -0.3 is 20.2 Å². The number of hydrogen-bond acceptors (Lipinski definition) is 5. The largest absolute Gasteiger partial charge is 0.409 e. The number of nitrogens with two attached hydrogens (primary N) is 1. The second kappa shape index (κ2) is 5.83. The molecule has 18 heavy (non-hydrogen) atoms. The molecule has 0 amide bonds. The average Bonchev–Trinajstić information content (AvgIpc) is 2.81. The summed E-state index contributed by atoms with van der Waals surface area (Å²) in [6.45, 7) is 3.00. The van der Waals surface area contributed by atoms with Gasteiger partial charge in [-0.15, -0.1) is 0 Å². The highest BCUT2D eigenvalue weighted by atomic mass is 16.5. The van der Waals surface area contributed by atoms with Crippen molar-refractivity contribution >= 4 is 5.84 Å². The summed E-state index contributed by atoms with van der Waals surface area (Å²) in [5, 5.41) is 11.6. The van der Waals surface area contributed by atoms with Crippen molar-refractivity contribution in [3.63, 3.8) is 0 Å². The zero-order chi connectivity index (χ0) is 13.0. The smallest absolute Gasteiger partial charge is 0.169 e. The highest BCUT2D eigenvalue weighted by Gasteiger charge is 2.23. The van der Waals surface area contributed by atoms with Crippen molar-refractivity contribution in [1.82, 2.24) is 14.5 Å². The molecular formula is C11H19N5O2. The lowest BCUT2D eigenvalue weighted by atomic mass is 10.2. The number of amidine groups is 1. The molecule has 100 valence electrons. The number of rotatable bonds is 4. The van der Waals surface area contributed by atoms with Crippen molar-refractivity contribution in [2.75, 3.05) is 26.2 Å². The molecule has 0 radical (unpaired) electrons. The Labute approximate surface area is 106 Å².